The lowest BCUT2D eigenvalue weighted by Crippen LogP contribution is -1.93. The van der Waals surface area contributed by atoms with Crippen molar-refractivity contribution in [3.8, 4) is 17.6 Å². The van der Waals surface area contributed by atoms with E-state index in [1.54, 1.807) is 25.1 Å². The number of hydrogen-bond donors (Lipinski definition) is 1. The highest BCUT2D eigenvalue weighted by Crippen LogP contribution is 2.36. The largest absolute Gasteiger partial charge is 0.503 e. The number of nitriles is 1. The Kier molecular flexibility index (Phi) is 5.55. The molecule has 122 valence electrons. The van der Waals surface area contributed by atoms with Crippen LogP contribution in [0, 0.1) is 21.4 Å². The van der Waals surface area contributed by atoms with Gasteiger partial charge >= 0.3 is 0 Å². The van der Waals surface area contributed by atoms with Crippen LogP contribution in [0.4, 0.5) is 5.69 Å². The van der Waals surface area contributed by atoms with Crippen LogP contribution >= 0.6 is 15.9 Å². The molecule has 0 saturated heterocycles. The van der Waals surface area contributed by atoms with Gasteiger partial charge in [-0.25, -0.2) is 0 Å². The van der Waals surface area contributed by atoms with Crippen LogP contribution in [-0.4, -0.2) is 16.6 Å². The lowest BCUT2D eigenvalue weighted by atomic mass is 10.0. The average Bonchev–Trinajstić information content (AvgIpc) is 2.57. The maximum absolute atomic E-state index is 10.7. The molecule has 0 saturated carbocycles. The molecule has 0 aliphatic carbocycles. The topological polar surface area (TPSA) is 96.4 Å². The van der Waals surface area contributed by atoms with E-state index in [9.17, 15) is 20.5 Å². The van der Waals surface area contributed by atoms with Crippen LogP contribution in [0.1, 0.15) is 18.1 Å². The van der Waals surface area contributed by atoms with Gasteiger partial charge in [0.2, 0.25) is 0 Å². The molecule has 0 amide bonds. The Bertz CT molecular complexity index is 839. The van der Waals surface area contributed by atoms with Crippen molar-refractivity contribution in [2.24, 2.45) is 0 Å². The van der Waals surface area contributed by atoms with Gasteiger partial charge in [-0.15, -0.1) is 0 Å². The lowest BCUT2D eigenvalue weighted by molar-refractivity contribution is -0.384. The summed E-state index contributed by atoms with van der Waals surface area (Å²) in [6, 6.07) is 11.1. The van der Waals surface area contributed by atoms with Crippen molar-refractivity contribution in [1.29, 1.82) is 5.26 Å². The summed E-state index contributed by atoms with van der Waals surface area (Å²) in [7, 11) is 0. The Morgan fingerprint density at radius 1 is 1.42 bits per heavy atom. The van der Waals surface area contributed by atoms with Gasteiger partial charge < -0.3 is 9.84 Å². The van der Waals surface area contributed by atoms with Crippen molar-refractivity contribution in [3.63, 3.8) is 0 Å². The van der Waals surface area contributed by atoms with E-state index in [2.05, 4.69) is 22.0 Å². The van der Waals surface area contributed by atoms with Crippen LogP contribution in [0.2, 0.25) is 0 Å². The third-order valence-corrected chi connectivity index (χ3v) is 3.78. The van der Waals surface area contributed by atoms with Gasteiger partial charge in [0.15, 0.2) is 11.5 Å². The van der Waals surface area contributed by atoms with Gasteiger partial charge in [0, 0.05) is 12.1 Å². The molecule has 2 rings (SSSR count). The molecule has 7 heteroatoms. The van der Waals surface area contributed by atoms with Crippen LogP contribution in [0.25, 0.3) is 11.6 Å². The highest BCUT2D eigenvalue weighted by molar-refractivity contribution is 9.10. The first kappa shape index (κ1) is 17.5. The van der Waals surface area contributed by atoms with Gasteiger partial charge in [-0.1, -0.05) is 0 Å². The number of rotatable bonds is 5. The van der Waals surface area contributed by atoms with Gasteiger partial charge in [0.1, 0.15) is 0 Å². The average molecular weight is 389 g/mol. The molecule has 0 radical (unpaired) electrons. The van der Waals surface area contributed by atoms with Crippen molar-refractivity contribution in [2.45, 2.75) is 6.92 Å². The Morgan fingerprint density at radius 3 is 2.62 bits per heavy atom. The first-order chi connectivity index (χ1) is 11.5. The molecule has 0 fully saturated rings. The molecule has 0 atom stereocenters. The minimum Gasteiger partial charge on any atom is -0.503 e. The van der Waals surface area contributed by atoms with E-state index in [0.29, 0.717) is 33.5 Å². The van der Waals surface area contributed by atoms with Crippen LogP contribution in [0.5, 0.6) is 11.5 Å². The molecule has 0 bridgehead atoms. The number of halogens is 1. The number of allylic oxidation sites excluding steroid dienone is 1. The number of benzene rings is 2. The van der Waals surface area contributed by atoms with Crippen LogP contribution in [-0.2, 0) is 0 Å². The number of ether oxygens (including phenoxy) is 1. The van der Waals surface area contributed by atoms with Gasteiger partial charge in [-0.3, -0.25) is 10.1 Å². The number of nitrogens with zero attached hydrogens (tertiary/aromatic N) is 2. The molecule has 0 aliphatic rings. The zero-order valence-electron chi connectivity index (χ0n) is 12.7. The number of phenolic OH excluding ortho intramolecular Hbond substituents is 1. The summed E-state index contributed by atoms with van der Waals surface area (Å²) in [5, 5.41) is 30.0. The Hall–Kier alpha value is -2.85. The minimum atomic E-state index is -0.495. The van der Waals surface area contributed by atoms with Gasteiger partial charge in [0.05, 0.1) is 27.6 Å². The van der Waals surface area contributed by atoms with E-state index in [-0.39, 0.29) is 11.4 Å². The molecule has 6 nitrogen and oxygen atoms in total. The van der Waals surface area contributed by atoms with Crippen LogP contribution < -0.4 is 4.74 Å². The first-order valence-corrected chi connectivity index (χ1v) is 7.77. The maximum Gasteiger partial charge on any atom is 0.269 e. The predicted octanol–water partition coefficient (Wildman–Crippen LogP) is 4.53. The zero-order valence-corrected chi connectivity index (χ0v) is 14.3. The summed E-state index contributed by atoms with van der Waals surface area (Å²) in [4.78, 5) is 10.2. The van der Waals surface area contributed by atoms with E-state index >= 15 is 0 Å². The Balaban J connectivity index is 2.44. The smallest absolute Gasteiger partial charge is 0.269 e. The van der Waals surface area contributed by atoms with E-state index in [0.717, 1.165) is 0 Å². The second-order valence-corrected chi connectivity index (χ2v) is 5.61. The molecular formula is C17H13BrN2O4. The molecule has 0 aromatic heterocycles. The number of hydrogen-bond acceptors (Lipinski definition) is 5. The van der Waals surface area contributed by atoms with Crippen molar-refractivity contribution < 1.29 is 14.8 Å². The molecule has 0 aliphatic heterocycles. The molecular weight excluding hydrogens is 376 g/mol. The van der Waals surface area contributed by atoms with Gasteiger partial charge in [0.25, 0.3) is 5.69 Å². The van der Waals surface area contributed by atoms with E-state index in [1.807, 2.05) is 0 Å². The summed E-state index contributed by atoms with van der Waals surface area (Å²) in [5.41, 5.74) is 1.51. The second-order valence-electron chi connectivity index (χ2n) is 4.76. The fourth-order valence-electron chi connectivity index (χ4n) is 2.05. The first-order valence-electron chi connectivity index (χ1n) is 6.98. The summed E-state index contributed by atoms with van der Waals surface area (Å²) < 4.78 is 5.80. The summed E-state index contributed by atoms with van der Waals surface area (Å²) >= 11 is 3.24. The van der Waals surface area contributed by atoms with Crippen molar-refractivity contribution >= 4 is 33.3 Å². The highest BCUT2D eigenvalue weighted by Gasteiger charge is 2.10. The molecule has 24 heavy (non-hydrogen) atoms. The standard InChI is InChI=1S/C17H13BrN2O4/c1-2-24-16-9-11(8-15(18)17(16)21)7-13(10-19)12-3-5-14(6-4-12)20(22)23/h3-9,21H,2H2,1H3/b13-7-. The Morgan fingerprint density at radius 2 is 2.08 bits per heavy atom. The number of non-ortho nitro benzene ring substituents is 1. The summed E-state index contributed by atoms with van der Waals surface area (Å²) in [6.45, 7) is 2.19. The maximum atomic E-state index is 10.7. The van der Waals surface area contributed by atoms with Crippen molar-refractivity contribution in [2.75, 3.05) is 6.61 Å². The fourth-order valence-corrected chi connectivity index (χ4v) is 2.51. The highest BCUT2D eigenvalue weighted by atomic mass is 79.9. The van der Waals surface area contributed by atoms with Crippen LogP contribution in [0.3, 0.4) is 0 Å². The van der Waals surface area contributed by atoms with Crippen molar-refractivity contribution in [3.05, 3.63) is 62.1 Å². The molecule has 1 N–H and O–H groups in total. The normalized spacial score (nSPS) is 11.0. The molecule has 2 aromatic rings. The lowest BCUT2D eigenvalue weighted by Gasteiger charge is -2.09. The number of phenols is 1. The van der Waals surface area contributed by atoms with Crippen LogP contribution in [0.15, 0.2) is 40.9 Å². The summed E-state index contributed by atoms with van der Waals surface area (Å²) in [6.07, 6.45) is 1.62. The molecule has 2 aromatic carbocycles. The van der Waals surface area contributed by atoms with E-state index in [1.165, 1.54) is 24.3 Å². The van der Waals surface area contributed by atoms with Crippen molar-refractivity contribution in [1.82, 2.24) is 0 Å². The fraction of sp³-hybridized carbons (Fsp3) is 0.118. The Labute approximate surface area is 146 Å². The third kappa shape index (κ3) is 3.91. The van der Waals surface area contributed by atoms with Gasteiger partial charge in [-0.2, -0.15) is 5.26 Å². The number of nitro benzene ring substituents is 1. The molecule has 0 spiro atoms. The van der Waals surface area contributed by atoms with E-state index < -0.39 is 4.92 Å². The second kappa shape index (κ2) is 7.62. The zero-order chi connectivity index (χ0) is 17.7. The van der Waals surface area contributed by atoms with E-state index in [4.69, 9.17) is 4.74 Å². The monoisotopic (exact) mass is 388 g/mol. The number of aromatic hydroxyl groups is 1. The molecule has 0 heterocycles. The molecule has 0 unspecified atom stereocenters. The third-order valence-electron chi connectivity index (χ3n) is 3.17. The minimum absolute atomic E-state index is 0.0113. The predicted molar refractivity (Wildman–Crippen MR) is 93.6 cm³/mol. The van der Waals surface area contributed by atoms with Gasteiger partial charge in [-0.05, 0) is 64.3 Å². The SMILES string of the molecule is CCOc1cc(/C=C(/C#N)c2ccc([N+](=O)[O-])cc2)cc(Br)c1O. The number of nitro groups is 1. The summed E-state index contributed by atoms with van der Waals surface area (Å²) in [5.74, 6) is 0.293. The quantitative estimate of drug-likeness (QED) is 0.351.